The summed E-state index contributed by atoms with van der Waals surface area (Å²) in [6, 6.07) is 11.5. The van der Waals surface area contributed by atoms with Crippen molar-refractivity contribution in [2.75, 3.05) is 0 Å². The van der Waals surface area contributed by atoms with Gasteiger partial charge in [-0.05, 0) is 12.3 Å². The standard InChI is InChI=1S/C21H23ClN4OS/c22-19-17(25-26-20(19)15-9-5-2-6-10-15)13-28-21-23-16(12-18(27)24-21)11-14-7-3-1-4-8-14/h2,5-6,9-10,12,14H,1,3-4,7-8,11,13H2,(H,25,26)(H,23,24,27). The van der Waals surface area contributed by atoms with Gasteiger partial charge in [0, 0.05) is 23.1 Å². The van der Waals surface area contributed by atoms with Gasteiger partial charge in [0.1, 0.15) is 5.69 Å². The summed E-state index contributed by atoms with van der Waals surface area (Å²) in [6.45, 7) is 0. The maximum absolute atomic E-state index is 12.1. The van der Waals surface area contributed by atoms with Crippen LogP contribution in [0.25, 0.3) is 11.3 Å². The molecule has 1 fully saturated rings. The van der Waals surface area contributed by atoms with Crippen LogP contribution in [0.15, 0.2) is 46.3 Å². The average molecular weight is 415 g/mol. The van der Waals surface area contributed by atoms with E-state index < -0.39 is 0 Å². The summed E-state index contributed by atoms with van der Waals surface area (Å²) in [5.41, 5.74) is 3.33. The lowest BCUT2D eigenvalue weighted by atomic mass is 9.86. The number of rotatable bonds is 6. The van der Waals surface area contributed by atoms with E-state index in [4.69, 9.17) is 11.6 Å². The van der Waals surface area contributed by atoms with Crippen LogP contribution in [0.5, 0.6) is 0 Å². The number of nitrogens with zero attached hydrogens (tertiary/aromatic N) is 2. The molecule has 1 saturated carbocycles. The molecule has 3 aromatic rings. The highest BCUT2D eigenvalue weighted by Crippen LogP contribution is 2.31. The summed E-state index contributed by atoms with van der Waals surface area (Å²) >= 11 is 7.98. The summed E-state index contributed by atoms with van der Waals surface area (Å²) < 4.78 is 0. The molecule has 0 amide bonds. The molecule has 2 heterocycles. The van der Waals surface area contributed by atoms with Gasteiger partial charge in [0.15, 0.2) is 5.16 Å². The third kappa shape index (κ3) is 4.67. The number of halogens is 1. The molecule has 1 aromatic carbocycles. The number of hydrogen-bond acceptors (Lipinski definition) is 4. The highest BCUT2D eigenvalue weighted by atomic mass is 35.5. The van der Waals surface area contributed by atoms with E-state index in [0.717, 1.165) is 29.1 Å². The van der Waals surface area contributed by atoms with Gasteiger partial charge < -0.3 is 4.98 Å². The first-order chi connectivity index (χ1) is 13.7. The van der Waals surface area contributed by atoms with Crippen LogP contribution in [0.2, 0.25) is 5.02 Å². The van der Waals surface area contributed by atoms with Gasteiger partial charge in [0.05, 0.1) is 10.7 Å². The normalized spacial score (nSPS) is 15.0. The summed E-state index contributed by atoms with van der Waals surface area (Å²) in [6.07, 6.45) is 7.28. The molecule has 4 rings (SSSR count). The molecular formula is C21H23ClN4OS. The van der Waals surface area contributed by atoms with Crippen LogP contribution in [0.3, 0.4) is 0 Å². The molecule has 0 saturated heterocycles. The SMILES string of the molecule is O=c1cc(CC2CCCCC2)nc(SCc2[nH]nc(-c3ccccc3)c2Cl)[nH]1. The van der Waals surface area contributed by atoms with Crippen LogP contribution >= 0.6 is 23.4 Å². The van der Waals surface area contributed by atoms with E-state index in [-0.39, 0.29) is 5.56 Å². The van der Waals surface area contributed by atoms with Crippen molar-refractivity contribution in [2.24, 2.45) is 5.92 Å². The summed E-state index contributed by atoms with van der Waals surface area (Å²) in [4.78, 5) is 19.6. The third-order valence-electron chi connectivity index (χ3n) is 5.17. The fourth-order valence-electron chi connectivity index (χ4n) is 3.73. The van der Waals surface area contributed by atoms with Crippen molar-refractivity contribution >= 4 is 23.4 Å². The Labute approximate surface area is 173 Å². The van der Waals surface area contributed by atoms with Crippen LogP contribution in [0, 0.1) is 5.92 Å². The second-order valence-corrected chi connectivity index (χ2v) is 8.61. The van der Waals surface area contributed by atoms with Crippen molar-refractivity contribution in [3.8, 4) is 11.3 Å². The molecule has 0 unspecified atom stereocenters. The molecular weight excluding hydrogens is 392 g/mol. The molecule has 1 aliphatic rings. The van der Waals surface area contributed by atoms with Gasteiger partial charge in [-0.25, -0.2) is 4.98 Å². The summed E-state index contributed by atoms with van der Waals surface area (Å²) in [5, 5.41) is 8.60. The van der Waals surface area contributed by atoms with Crippen molar-refractivity contribution in [3.63, 3.8) is 0 Å². The fourth-order valence-corrected chi connectivity index (χ4v) is 4.92. The van der Waals surface area contributed by atoms with E-state index in [1.54, 1.807) is 6.07 Å². The summed E-state index contributed by atoms with van der Waals surface area (Å²) in [7, 11) is 0. The minimum atomic E-state index is -0.0935. The number of H-pyrrole nitrogens is 2. The van der Waals surface area contributed by atoms with Crippen LogP contribution in [0.4, 0.5) is 0 Å². The monoisotopic (exact) mass is 414 g/mol. The first-order valence-electron chi connectivity index (χ1n) is 9.70. The lowest BCUT2D eigenvalue weighted by Crippen LogP contribution is -2.15. The van der Waals surface area contributed by atoms with Crippen LogP contribution in [-0.2, 0) is 12.2 Å². The largest absolute Gasteiger partial charge is 0.301 e. The van der Waals surface area contributed by atoms with E-state index in [1.807, 2.05) is 30.3 Å². The zero-order valence-corrected chi connectivity index (χ0v) is 17.2. The number of thioether (sulfide) groups is 1. The molecule has 2 aromatic heterocycles. The Kier molecular flexibility index (Phi) is 6.17. The van der Waals surface area contributed by atoms with E-state index in [1.165, 1.54) is 43.9 Å². The minimum absolute atomic E-state index is 0.0935. The number of nitrogens with one attached hydrogen (secondary N) is 2. The van der Waals surface area contributed by atoms with Crippen molar-refractivity contribution in [3.05, 3.63) is 63.2 Å². The number of aromatic nitrogens is 4. The van der Waals surface area contributed by atoms with Gasteiger partial charge in [0.25, 0.3) is 5.56 Å². The molecule has 7 heteroatoms. The predicted octanol–water partition coefficient (Wildman–Crippen LogP) is 5.23. The van der Waals surface area contributed by atoms with Crippen molar-refractivity contribution < 1.29 is 0 Å². The second-order valence-electron chi connectivity index (χ2n) is 7.27. The number of benzene rings is 1. The second kappa shape index (κ2) is 8.97. The van der Waals surface area contributed by atoms with E-state index in [0.29, 0.717) is 21.8 Å². The molecule has 0 radical (unpaired) electrons. The number of aromatic amines is 2. The molecule has 28 heavy (non-hydrogen) atoms. The molecule has 0 bridgehead atoms. The molecule has 0 atom stereocenters. The Hall–Kier alpha value is -2.05. The lowest BCUT2D eigenvalue weighted by molar-refractivity contribution is 0.353. The Morgan fingerprint density at radius 3 is 2.71 bits per heavy atom. The molecule has 2 N–H and O–H groups in total. The van der Waals surface area contributed by atoms with E-state index in [2.05, 4.69) is 20.2 Å². The topological polar surface area (TPSA) is 74.4 Å². The third-order valence-corrected chi connectivity index (χ3v) is 6.48. The van der Waals surface area contributed by atoms with E-state index in [9.17, 15) is 4.79 Å². The van der Waals surface area contributed by atoms with Gasteiger partial charge in [-0.1, -0.05) is 85.8 Å². The van der Waals surface area contributed by atoms with Crippen LogP contribution < -0.4 is 5.56 Å². The molecule has 5 nitrogen and oxygen atoms in total. The predicted molar refractivity (Wildman–Crippen MR) is 114 cm³/mol. The zero-order chi connectivity index (χ0) is 19.3. The molecule has 0 aliphatic heterocycles. The van der Waals surface area contributed by atoms with Gasteiger partial charge in [-0.3, -0.25) is 9.89 Å². The maximum atomic E-state index is 12.1. The highest BCUT2D eigenvalue weighted by Gasteiger charge is 2.16. The Balaban J connectivity index is 1.45. The smallest absolute Gasteiger partial charge is 0.251 e. The van der Waals surface area contributed by atoms with Crippen LogP contribution in [0.1, 0.15) is 43.5 Å². The van der Waals surface area contributed by atoms with Crippen molar-refractivity contribution in [1.29, 1.82) is 0 Å². The van der Waals surface area contributed by atoms with Gasteiger partial charge in [-0.15, -0.1) is 0 Å². The zero-order valence-electron chi connectivity index (χ0n) is 15.6. The highest BCUT2D eigenvalue weighted by molar-refractivity contribution is 7.98. The molecule has 1 aliphatic carbocycles. The first kappa shape index (κ1) is 19.3. The molecule has 0 spiro atoms. The Morgan fingerprint density at radius 2 is 1.93 bits per heavy atom. The first-order valence-corrected chi connectivity index (χ1v) is 11.1. The van der Waals surface area contributed by atoms with Gasteiger partial charge in [-0.2, -0.15) is 5.10 Å². The number of hydrogen-bond donors (Lipinski definition) is 2. The van der Waals surface area contributed by atoms with Gasteiger partial charge >= 0.3 is 0 Å². The minimum Gasteiger partial charge on any atom is -0.301 e. The van der Waals surface area contributed by atoms with Gasteiger partial charge in [0.2, 0.25) is 0 Å². The van der Waals surface area contributed by atoms with Crippen molar-refractivity contribution in [1.82, 2.24) is 20.2 Å². The summed E-state index contributed by atoms with van der Waals surface area (Å²) in [5.74, 6) is 1.21. The molecule has 146 valence electrons. The maximum Gasteiger partial charge on any atom is 0.251 e. The van der Waals surface area contributed by atoms with E-state index >= 15 is 0 Å². The lowest BCUT2D eigenvalue weighted by Gasteiger charge is -2.20. The quantitative estimate of drug-likeness (QED) is 0.428. The average Bonchev–Trinajstić information content (AvgIpc) is 3.08. The Bertz CT molecular complexity index is 980. The fraction of sp³-hybridized carbons (Fsp3) is 0.381. The van der Waals surface area contributed by atoms with Crippen LogP contribution in [-0.4, -0.2) is 20.2 Å². The van der Waals surface area contributed by atoms with Crippen molar-refractivity contribution in [2.45, 2.75) is 49.4 Å². The Morgan fingerprint density at radius 1 is 1.14 bits per heavy atom.